The molecule has 0 spiro atoms. The second-order valence-electron chi connectivity index (χ2n) is 8.08. The first kappa shape index (κ1) is 17.2. The average Bonchev–Trinajstić information content (AvgIpc) is 3.17. The van der Waals surface area contributed by atoms with Crippen molar-refractivity contribution in [3.05, 3.63) is 35.5 Å². The summed E-state index contributed by atoms with van der Waals surface area (Å²) in [6.07, 6.45) is -0.998. The highest BCUT2D eigenvalue weighted by atomic mass is 16.8. The van der Waals surface area contributed by atoms with E-state index in [-0.39, 0.29) is 18.1 Å². The standard InChI is InChI=1S/C20H24N2O5/c1-20(2)26-17-14(23)9-22-13(19(24)25-3)8-11-10-6-4-5-7-12(10)21-15(11)16(22)18(17)27-20/h4-7,13-14,16-18,21,23H,8-9H2,1-3H3/t13-,14+,16-,17-,18+/m0/s1. The van der Waals surface area contributed by atoms with Crippen LogP contribution in [0.2, 0.25) is 0 Å². The van der Waals surface area contributed by atoms with Gasteiger partial charge in [0, 0.05) is 29.6 Å². The number of piperidine rings is 1. The van der Waals surface area contributed by atoms with E-state index < -0.39 is 24.0 Å². The molecule has 1 aromatic heterocycles. The zero-order valence-corrected chi connectivity index (χ0v) is 15.6. The van der Waals surface area contributed by atoms with E-state index in [4.69, 9.17) is 14.2 Å². The van der Waals surface area contributed by atoms with Gasteiger partial charge in [-0.25, -0.2) is 0 Å². The van der Waals surface area contributed by atoms with Gasteiger partial charge in [-0.15, -0.1) is 0 Å². The Bertz CT molecular complexity index is 907. The number of fused-ring (bicyclic) bond motifs is 7. The molecule has 0 radical (unpaired) electrons. The van der Waals surface area contributed by atoms with Crippen LogP contribution in [-0.2, 0) is 25.4 Å². The van der Waals surface area contributed by atoms with Gasteiger partial charge in [0.05, 0.1) is 19.3 Å². The summed E-state index contributed by atoms with van der Waals surface area (Å²) in [5.41, 5.74) is 3.19. The number of hydrogen-bond donors (Lipinski definition) is 2. The topological polar surface area (TPSA) is 84.0 Å². The molecular formula is C20H24N2O5. The lowest BCUT2D eigenvalue weighted by Crippen LogP contribution is -2.62. The minimum atomic E-state index is -0.781. The monoisotopic (exact) mass is 372 g/mol. The lowest BCUT2D eigenvalue weighted by atomic mass is 9.83. The molecule has 7 nitrogen and oxygen atoms in total. The minimum Gasteiger partial charge on any atom is -0.468 e. The van der Waals surface area contributed by atoms with Crippen molar-refractivity contribution in [1.29, 1.82) is 0 Å². The van der Waals surface area contributed by atoms with Gasteiger partial charge in [0.25, 0.3) is 0 Å². The van der Waals surface area contributed by atoms with E-state index in [1.807, 2.05) is 36.9 Å². The van der Waals surface area contributed by atoms with Crippen molar-refractivity contribution in [2.75, 3.05) is 13.7 Å². The molecule has 144 valence electrons. The van der Waals surface area contributed by atoms with Gasteiger partial charge in [0.1, 0.15) is 18.2 Å². The number of aliphatic hydroxyl groups is 1. The third kappa shape index (κ3) is 2.46. The van der Waals surface area contributed by atoms with Crippen molar-refractivity contribution in [1.82, 2.24) is 9.88 Å². The van der Waals surface area contributed by atoms with E-state index in [1.54, 1.807) is 0 Å². The Hall–Kier alpha value is -1.93. The first-order valence-electron chi connectivity index (χ1n) is 9.36. The Morgan fingerprint density at radius 1 is 1.30 bits per heavy atom. The van der Waals surface area contributed by atoms with Crippen molar-refractivity contribution in [3.8, 4) is 0 Å². The first-order chi connectivity index (χ1) is 12.9. The van der Waals surface area contributed by atoms with Gasteiger partial charge in [-0.05, 0) is 25.5 Å². The lowest BCUT2D eigenvalue weighted by molar-refractivity contribution is -0.157. The minimum absolute atomic E-state index is 0.208. The molecule has 1 aromatic carbocycles. The molecule has 3 aliphatic heterocycles. The maximum absolute atomic E-state index is 12.6. The van der Waals surface area contributed by atoms with Crippen LogP contribution in [-0.4, -0.2) is 64.8 Å². The van der Waals surface area contributed by atoms with Gasteiger partial charge < -0.3 is 24.3 Å². The molecule has 0 amide bonds. The normalized spacial score (nSPS) is 34.7. The summed E-state index contributed by atoms with van der Waals surface area (Å²) in [7, 11) is 1.41. The summed E-state index contributed by atoms with van der Waals surface area (Å²) in [5.74, 6) is -1.07. The van der Waals surface area contributed by atoms with Crippen LogP contribution in [0.15, 0.2) is 24.3 Å². The van der Waals surface area contributed by atoms with Crippen LogP contribution in [0.5, 0.6) is 0 Å². The molecule has 5 atom stereocenters. The number of methoxy groups -OCH3 is 1. The maximum atomic E-state index is 12.6. The van der Waals surface area contributed by atoms with E-state index in [1.165, 1.54) is 7.11 Å². The van der Waals surface area contributed by atoms with E-state index in [0.717, 1.165) is 22.2 Å². The van der Waals surface area contributed by atoms with Crippen LogP contribution in [0.25, 0.3) is 10.9 Å². The number of carbonyl (C=O) groups is 1. The number of ether oxygens (including phenoxy) is 3. The number of para-hydroxylation sites is 1. The van der Waals surface area contributed by atoms with E-state index in [0.29, 0.717) is 13.0 Å². The van der Waals surface area contributed by atoms with Crippen LogP contribution >= 0.6 is 0 Å². The zero-order chi connectivity index (χ0) is 18.9. The number of hydrogen-bond acceptors (Lipinski definition) is 6. The molecule has 3 aliphatic rings. The Balaban J connectivity index is 1.68. The van der Waals surface area contributed by atoms with Gasteiger partial charge in [-0.2, -0.15) is 0 Å². The summed E-state index contributed by atoms with van der Waals surface area (Å²) >= 11 is 0. The van der Waals surface area contributed by atoms with Crippen LogP contribution in [0, 0.1) is 0 Å². The van der Waals surface area contributed by atoms with Gasteiger partial charge in [-0.1, -0.05) is 18.2 Å². The van der Waals surface area contributed by atoms with E-state index >= 15 is 0 Å². The van der Waals surface area contributed by atoms with Crippen LogP contribution < -0.4 is 0 Å². The van der Waals surface area contributed by atoms with Gasteiger partial charge in [0.15, 0.2) is 5.79 Å². The molecule has 0 unspecified atom stereocenters. The van der Waals surface area contributed by atoms with Crippen LogP contribution in [0.1, 0.15) is 31.1 Å². The molecule has 2 fully saturated rings. The van der Waals surface area contributed by atoms with E-state index in [9.17, 15) is 9.90 Å². The highest BCUT2D eigenvalue weighted by Gasteiger charge is 2.58. The molecular weight excluding hydrogens is 348 g/mol. The third-order valence-corrected chi connectivity index (χ3v) is 6.02. The number of H-pyrrole nitrogens is 1. The number of rotatable bonds is 1. The Morgan fingerprint density at radius 3 is 2.81 bits per heavy atom. The fourth-order valence-electron chi connectivity index (χ4n) is 4.99. The molecule has 2 saturated heterocycles. The van der Waals surface area contributed by atoms with Gasteiger partial charge >= 0.3 is 5.97 Å². The highest BCUT2D eigenvalue weighted by Crippen LogP contribution is 2.48. The number of nitrogens with one attached hydrogen (secondary N) is 1. The fraction of sp³-hybridized carbons (Fsp3) is 0.550. The van der Waals surface area contributed by atoms with E-state index in [2.05, 4.69) is 11.1 Å². The Kier molecular flexibility index (Phi) is 3.68. The van der Waals surface area contributed by atoms with Crippen molar-refractivity contribution in [2.45, 2.75) is 56.5 Å². The zero-order valence-electron chi connectivity index (χ0n) is 15.6. The van der Waals surface area contributed by atoms with Crippen molar-refractivity contribution in [3.63, 3.8) is 0 Å². The number of nitrogens with zero attached hydrogens (tertiary/aromatic N) is 1. The van der Waals surface area contributed by atoms with Crippen molar-refractivity contribution >= 4 is 16.9 Å². The Labute approximate surface area is 157 Å². The predicted molar refractivity (Wildman–Crippen MR) is 97.1 cm³/mol. The van der Waals surface area contributed by atoms with Crippen molar-refractivity contribution < 1.29 is 24.1 Å². The average molecular weight is 372 g/mol. The number of benzene rings is 1. The second kappa shape index (κ2) is 5.78. The number of aliphatic hydroxyl groups excluding tert-OH is 1. The molecule has 0 bridgehead atoms. The molecule has 4 heterocycles. The number of carbonyl (C=O) groups excluding carboxylic acids is 1. The van der Waals surface area contributed by atoms with Crippen LogP contribution in [0.4, 0.5) is 0 Å². The number of esters is 1. The summed E-state index contributed by atoms with van der Waals surface area (Å²) < 4.78 is 17.3. The highest BCUT2D eigenvalue weighted by molar-refractivity contribution is 5.87. The number of aromatic amines is 1. The Morgan fingerprint density at radius 2 is 2.04 bits per heavy atom. The molecule has 7 heteroatoms. The fourth-order valence-corrected chi connectivity index (χ4v) is 4.99. The smallest absolute Gasteiger partial charge is 0.323 e. The van der Waals surface area contributed by atoms with Crippen molar-refractivity contribution in [2.24, 2.45) is 0 Å². The SMILES string of the molecule is COC(=O)[C@@H]1Cc2c([nH]c3ccccc23)[C@H]2[C@H]3OC(C)(C)O[C@H]3[C@H](O)CN12. The largest absolute Gasteiger partial charge is 0.468 e. The summed E-state index contributed by atoms with van der Waals surface area (Å²) in [4.78, 5) is 18.1. The van der Waals surface area contributed by atoms with Crippen LogP contribution in [0.3, 0.4) is 0 Å². The summed E-state index contributed by atoms with van der Waals surface area (Å²) in [6, 6.07) is 7.43. The third-order valence-electron chi connectivity index (χ3n) is 6.02. The maximum Gasteiger partial charge on any atom is 0.323 e. The first-order valence-corrected chi connectivity index (χ1v) is 9.36. The molecule has 5 rings (SSSR count). The second-order valence-corrected chi connectivity index (χ2v) is 8.08. The molecule has 2 aromatic rings. The lowest BCUT2D eigenvalue weighted by Gasteiger charge is -2.48. The molecule has 2 N–H and O–H groups in total. The predicted octanol–water partition coefficient (Wildman–Crippen LogP) is 1.50. The summed E-state index contributed by atoms with van der Waals surface area (Å²) in [6.45, 7) is 4.05. The van der Waals surface area contributed by atoms with Gasteiger partial charge in [-0.3, -0.25) is 9.69 Å². The van der Waals surface area contributed by atoms with Gasteiger partial charge in [0.2, 0.25) is 0 Å². The quantitative estimate of drug-likeness (QED) is 0.738. The number of aromatic nitrogens is 1. The molecule has 27 heavy (non-hydrogen) atoms. The molecule has 0 aliphatic carbocycles. The molecule has 0 saturated carbocycles. The summed E-state index contributed by atoms with van der Waals surface area (Å²) in [5, 5.41) is 11.8.